The Morgan fingerprint density at radius 1 is 1.05 bits per heavy atom. The van der Waals surface area contributed by atoms with Gasteiger partial charge in [-0.25, -0.2) is 0 Å². The zero-order valence-corrected chi connectivity index (χ0v) is 13.5. The molecule has 1 N–H and O–H groups in total. The van der Waals surface area contributed by atoms with E-state index in [2.05, 4.69) is 64.6 Å². The maximum atomic E-state index is 5.46. The van der Waals surface area contributed by atoms with Crippen LogP contribution in [0.1, 0.15) is 31.0 Å². The molecule has 0 aliphatic carbocycles. The van der Waals surface area contributed by atoms with Crippen LogP contribution in [-0.4, -0.2) is 6.61 Å². The van der Waals surface area contributed by atoms with Gasteiger partial charge in [0.05, 0.1) is 6.61 Å². The number of benzene rings is 2. The Hall–Kier alpha value is -1.32. The molecule has 2 aromatic rings. The normalized spacial score (nSPS) is 12.2. The zero-order valence-electron chi connectivity index (χ0n) is 11.9. The number of halogens is 1. The predicted molar refractivity (Wildman–Crippen MR) is 87.0 cm³/mol. The molecule has 1 atom stereocenters. The van der Waals surface area contributed by atoms with Crippen LogP contribution in [0.4, 0.5) is 0 Å². The van der Waals surface area contributed by atoms with Gasteiger partial charge in [-0.2, -0.15) is 0 Å². The van der Waals surface area contributed by atoms with E-state index in [9.17, 15) is 0 Å². The average molecular weight is 334 g/mol. The first-order valence-electron chi connectivity index (χ1n) is 6.89. The van der Waals surface area contributed by atoms with Crippen molar-refractivity contribution >= 4 is 15.9 Å². The van der Waals surface area contributed by atoms with Gasteiger partial charge in [0.1, 0.15) is 5.75 Å². The zero-order chi connectivity index (χ0) is 14.4. The smallest absolute Gasteiger partial charge is 0.119 e. The largest absolute Gasteiger partial charge is 0.494 e. The Morgan fingerprint density at radius 2 is 1.70 bits per heavy atom. The highest BCUT2D eigenvalue weighted by molar-refractivity contribution is 9.10. The van der Waals surface area contributed by atoms with E-state index in [1.807, 2.05) is 19.1 Å². The second-order valence-electron chi connectivity index (χ2n) is 4.73. The molecular weight excluding hydrogens is 314 g/mol. The van der Waals surface area contributed by atoms with Crippen LogP contribution in [0, 0.1) is 0 Å². The predicted octanol–water partition coefficient (Wildman–Crippen LogP) is 4.70. The number of ether oxygens (including phenoxy) is 1. The molecular formula is C17H20BrNO. The summed E-state index contributed by atoms with van der Waals surface area (Å²) in [6.07, 6.45) is 0. The molecule has 20 heavy (non-hydrogen) atoms. The highest BCUT2D eigenvalue weighted by Gasteiger charge is 2.05. The fourth-order valence-electron chi connectivity index (χ4n) is 2.01. The van der Waals surface area contributed by atoms with Crippen molar-refractivity contribution in [3.05, 3.63) is 64.1 Å². The summed E-state index contributed by atoms with van der Waals surface area (Å²) in [5.41, 5.74) is 2.55. The van der Waals surface area contributed by atoms with E-state index >= 15 is 0 Å². The van der Waals surface area contributed by atoms with Crippen LogP contribution in [0.15, 0.2) is 53.0 Å². The number of rotatable bonds is 6. The average Bonchev–Trinajstić information content (AvgIpc) is 2.47. The fraction of sp³-hybridized carbons (Fsp3) is 0.294. The third-order valence-corrected chi connectivity index (χ3v) is 3.75. The van der Waals surface area contributed by atoms with Gasteiger partial charge < -0.3 is 10.1 Å². The summed E-state index contributed by atoms with van der Waals surface area (Å²) in [6.45, 7) is 5.74. The second-order valence-corrected chi connectivity index (χ2v) is 5.65. The maximum Gasteiger partial charge on any atom is 0.119 e. The van der Waals surface area contributed by atoms with Crippen LogP contribution in [0.3, 0.4) is 0 Å². The van der Waals surface area contributed by atoms with Crippen LogP contribution in [0.25, 0.3) is 0 Å². The molecule has 0 aromatic heterocycles. The van der Waals surface area contributed by atoms with Crippen molar-refractivity contribution in [3.63, 3.8) is 0 Å². The lowest BCUT2D eigenvalue weighted by atomic mass is 10.1. The second kappa shape index (κ2) is 7.46. The Bertz CT molecular complexity index is 522. The van der Waals surface area contributed by atoms with Crippen LogP contribution in [-0.2, 0) is 6.54 Å². The molecule has 0 spiro atoms. The molecule has 2 aromatic carbocycles. The van der Waals surface area contributed by atoms with Crippen LogP contribution in [0.2, 0.25) is 0 Å². The van der Waals surface area contributed by atoms with Gasteiger partial charge in [-0.1, -0.05) is 40.2 Å². The lowest BCUT2D eigenvalue weighted by molar-refractivity contribution is 0.340. The molecule has 0 fully saturated rings. The summed E-state index contributed by atoms with van der Waals surface area (Å²) in [7, 11) is 0. The van der Waals surface area contributed by atoms with Crippen LogP contribution in [0.5, 0.6) is 5.75 Å². The van der Waals surface area contributed by atoms with Crippen molar-refractivity contribution in [3.8, 4) is 5.75 Å². The molecule has 0 aliphatic heterocycles. The van der Waals surface area contributed by atoms with Gasteiger partial charge in [0, 0.05) is 17.1 Å². The van der Waals surface area contributed by atoms with Gasteiger partial charge in [0.2, 0.25) is 0 Å². The minimum Gasteiger partial charge on any atom is -0.494 e. The number of hydrogen-bond acceptors (Lipinski definition) is 2. The lowest BCUT2D eigenvalue weighted by Crippen LogP contribution is -2.17. The summed E-state index contributed by atoms with van der Waals surface area (Å²) in [5.74, 6) is 0.927. The summed E-state index contributed by atoms with van der Waals surface area (Å²) < 4.78 is 6.57. The van der Waals surface area contributed by atoms with E-state index < -0.39 is 0 Å². The Labute approximate surface area is 129 Å². The fourth-order valence-corrected chi connectivity index (χ4v) is 2.27. The van der Waals surface area contributed by atoms with Crippen molar-refractivity contribution in [2.24, 2.45) is 0 Å². The van der Waals surface area contributed by atoms with Gasteiger partial charge in [-0.3, -0.25) is 0 Å². The molecule has 0 saturated heterocycles. The quantitative estimate of drug-likeness (QED) is 0.827. The van der Waals surface area contributed by atoms with Crippen molar-refractivity contribution in [1.29, 1.82) is 0 Å². The Kier molecular flexibility index (Phi) is 5.62. The standard InChI is InChI=1S/C17H20BrNO/c1-3-20-17-10-6-15(7-11-17)13(2)19-12-14-4-8-16(18)9-5-14/h4-11,13,19H,3,12H2,1-2H3. The molecule has 0 heterocycles. The topological polar surface area (TPSA) is 21.3 Å². The van der Waals surface area contributed by atoms with Gasteiger partial charge in [0.15, 0.2) is 0 Å². The minimum atomic E-state index is 0.314. The highest BCUT2D eigenvalue weighted by atomic mass is 79.9. The van der Waals surface area contributed by atoms with Gasteiger partial charge in [0.25, 0.3) is 0 Å². The Balaban J connectivity index is 1.90. The molecule has 2 nitrogen and oxygen atoms in total. The van der Waals surface area contributed by atoms with Crippen molar-refractivity contribution in [2.45, 2.75) is 26.4 Å². The molecule has 3 heteroatoms. The summed E-state index contributed by atoms with van der Waals surface area (Å²) in [6, 6.07) is 17.0. The third kappa shape index (κ3) is 4.36. The lowest BCUT2D eigenvalue weighted by Gasteiger charge is -2.15. The van der Waals surface area contributed by atoms with Crippen molar-refractivity contribution < 1.29 is 4.74 Å². The molecule has 1 unspecified atom stereocenters. The molecule has 106 valence electrons. The SMILES string of the molecule is CCOc1ccc(C(C)NCc2ccc(Br)cc2)cc1. The molecule has 0 bridgehead atoms. The summed E-state index contributed by atoms with van der Waals surface area (Å²) in [4.78, 5) is 0. The first kappa shape index (κ1) is 15.1. The molecule has 0 radical (unpaired) electrons. The van der Waals surface area contributed by atoms with E-state index in [-0.39, 0.29) is 0 Å². The highest BCUT2D eigenvalue weighted by Crippen LogP contribution is 2.18. The Morgan fingerprint density at radius 3 is 2.30 bits per heavy atom. The van der Waals surface area contributed by atoms with Crippen LogP contribution >= 0.6 is 15.9 Å². The molecule has 0 aliphatic rings. The van der Waals surface area contributed by atoms with E-state index in [4.69, 9.17) is 4.74 Å². The van der Waals surface area contributed by atoms with Gasteiger partial charge >= 0.3 is 0 Å². The van der Waals surface area contributed by atoms with E-state index in [0.717, 1.165) is 16.8 Å². The van der Waals surface area contributed by atoms with E-state index in [0.29, 0.717) is 12.6 Å². The first-order chi connectivity index (χ1) is 9.69. The van der Waals surface area contributed by atoms with Gasteiger partial charge in [-0.05, 0) is 49.2 Å². The van der Waals surface area contributed by atoms with Crippen LogP contribution < -0.4 is 10.1 Å². The first-order valence-corrected chi connectivity index (χ1v) is 7.69. The van der Waals surface area contributed by atoms with Crippen molar-refractivity contribution in [2.75, 3.05) is 6.61 Å². The minimum absolute atomic E-state index is 0.314. The molecule has 0 saturated carbocycles. The van der Waals surface area contributed by atoms with Gasteiger partial charge in [-0.15, -0.1) is 0 Å². The van der Waals surface area contributed by atoms with Crippen molar-refractivity contribution in [1.82, 2.24) is 5.32 Å². The number of hydrogen-bond donors (Lipinski definition) is 1. The monoisotopic (exact) mass is 333 g/mol. The van der Waals surface area contributed by atoms with E-state index in [1.165, 1.54) is 11.1 Å². The molecule has 2 rings (SSSR count). The third-order valence-electron chi connectivity index (χ3n) is 3.22. The maximum absolute atomic E-state index is 5.46. The van der Waals surface area contributed by atoms with E-state index in [1.54, 1.807) is 0 Å². The number of nitrogens with one attached hydrogen (secondary N) is 1. The summed E-state index contributed by atoms with van der Waals surface area (Å²) in [5, 5.41) is 3.53. The summed E-state index contributed by atoms with van der Waals surface area (Å²) >= 11 is 3.45. The molecule has 0 amide bonds.